The normalized spacial score (nSPS) is 11.2. The fourth-order valence-corrected chi connectivity index (χ4v) is 2.17. The summed E-state index contributed by atoms with van der Waals surface area (Å²) in [5.74, 6) is -0.746. The van der Waals surface area contributed by atoms with Gasteiger partial charge in [-0.1, -0.05) is 18.2 Å². The van der Waals surface area contributed by atoms with Gasteiger partial charge < -0.3 is 9.67 Å². The molecular weight excluding hydrogens is 214 g/mol. The van der Waals surface area contributed by atoms with E-state index < -0.39 is 5.97 Å². The molecule has 0 atom stereocenters. The summed E-state index contributed by atoms with van der Waals surface area (Å²) in [6.07, 6.45) is 2.84. The van der Waals surface area contributed by atoms with E-state index in [2.05, 4.69) is 36.7 Å². The predicted octanol–water partition coefficient (Wildman–Crippen LogP) is 3.24. The molecular formula is C14H17NO2. The number of carboxylic acid groups (broad SMARTS) is 1. The van der Waals surface area contributed by atoms with E-state index in [-0.39, 0.29) is 6.42 Å². The Kier molecular flexibility index (Phi) is 3.18. The molecule has 0 aliphatic carbocycles. The lowest BCUT2D eigenvalue weighted by Crippen LogP contribution is -2.03. The largest absolute Gasteiger partial charge is 0.481 e. The highest BCUT2D eigenvalue weighted by molar-refractivity contribution is 5.84. The Morgan fingerprint density at radius 1 is 1.35 bits per heavy atom. The molecule has 90 valence electrons. The third-order valence-electron chi connectivity index (χ3n) is 2.99. The Balaban J connectivity index is 2.46. The van der Waals surface area contributed by atoms with Crippen molar-refractivity contribution in [3.63, 3.8) is 0 Å². The number of hydrogen-bond acceptors (Lipinski definition) is 1. The smallest absolute Gasteiger partial charge is 0.303 e. The Morgan fingerprint density at radius 3 is 2.76 bits per heavy atom. The SMILES string of the molecule is CC(C)n1ccc2cccc(CCC(=O)O)c21. The van der Waals surface area contributed by atoms with Gasteiger partial charge in [0.1, 0.15) is 0 Å². The van der Waals surface area contributed by atoms with Gasteiger partial charge in [-0.25, -0.2) is 0 Å². The molecule has 3 heteroatoms. The zero-order chi connectivity index (χ0) is 12.4. The molecule has 0 radical (unpaired) electrons. The highest BCUT2D eigenvalue weighted by atomic mass is 16.4. The molecule has 1 aromatic heterocycles. The van der Waals surface area contributed by atoms with Crippen LogP contribution in [0.5, 0.6) is 0 Å². The molecule has 0 saturated heterocycles. The molecule has 0 amide bonds. The minimum absolute atomic E-state index is 0.183. The molecule has 2 rings (SSSR count). The monoisotopic (exact) mass is 231 g/mol. The summed E-state index contributed by atoms with van der Waals surface area (Å²) in [5.41, 5.74) is 2.28. The van der Waals surface area contributed by atoms with Gasteiger partial charge in [-0.3, -0.25) is 4.79 Å². The van der Waals surface area contributed by atoms with Crippen molar-refractivity contribution in [3.8, 4) is 0 Å². The van der Waals surface area contributed by atoms with Crippen molar-refractivity contribution < 1.29 is 9.90 Å². The van der Waals surface area contributed by atoms with E-state index in [1.807, 2.05) is 12.1 Å². The third-order valence-corrected chi connectivity index (χ3v) is 2.99. The van der Waals surface area contributed by atoms with Crippen LogP contribution in [0.25, 0.3) is 10.9 Å². The van der Waals surface area contributed by atoms with Crippen LogP contribution in [-0.4, -0.2) is 15.6 Å². The Hall–Kier alpha value is -1.77. The summed E-state index contributed by atoms with van der Waals surface area (Å²) in [5, 5.41) is 9.95. The van der Waals surface area contributed by atoms with E-state index in [9.17, 15) is 4.79 Å². The second kappa shape index (κ2) is 4.62. The van der Waals surface area contributed by atoms with Gasteiger partial charge in [-0.05, 0) is 37.3 Å². The quantitative estimate of drug-likeness (QED) is 0.877. The Bertz CT molecular complexity index is 540. The van der Waals surface area contributed by atoms with E-state index in [1.165, 1.54) is 10.9 Å². The van der Waals surface area contributed by atoms with Crippen molar-refractivity contribution in [2.24, 2.45) is 0 Å². The molecule has 1 aromatic carbocycles. The van der Waals surface area contributed by atoms with Crippen LogP contribution in [0.1, 0.15) is 31.9 Å². The van der Waals surface area contributed by atoms with Crippen LogP contribution < -0.4 is 0 Å². The lowest BCUT2D eigenvalue weighted by Gasteiger charge is -2.12. The zero-order valence-electron chi connectivity index (χ0n) is 10.2. The van der Waals surface area contributed by atoms with Crippen LogP contribution in [-0.2, 0) is 11.2 Å². The molecule has 0 spiro atoms. The Labute approximate surface area is 101 Å². The van der Waals surface area contributed by atoms with Crippen LogP contribution in [0.3, 0.4) is 0 Å². The van der Waals surface area contributed by atoms with Crippen molar-refractivity contribution in [1.82, 2.24) is 4.57 Å². The van der Waals surface area contributed by atoms with Gasteiger partial charge in [-0.15, -0.1) is 0 Å². The summed E-state index contributed by atoms with van der Waals surface area (Å²) < 4.78 is 2.20. The van der Waals surface area contributed by atoms with E-state index >= 15 is 0 Å². The standard InChI is InChI=1S/C14H17NO2/c1-10(2)15-9-8-12-5-3-4-11(14(12)15)6-7-13(16)17/h3-5,8-10H,6-7H2,1-2H3,(H,16,17). The number of rotatable bonds is 4. The Morgan fingerprint density at radius 2 is 2.12 bits per heavy atom. The topological polar surface area (TPSA) is 42.2 Å². The maximum absolute atomic E-state index is 10.7. The molecule has 1 heterocycles. The number of benzene rings is 1. The maximum Gasteiger partial charge on any atom is 0.303 e. The van der Waals surface area contributed by atoms with E-state index in [4.69, 9.17) is 5.11 Å². The van der Waals surface area contributed by atoms with Gasteiger partial charge in [0.05, 0.1) is 5.52 Å². The van der Waals surface area contributed by atoms with E-state index in [0.29, 0.717) is 12.5 Å². The lowest BCUT2D eigenvalue weighted by molar-refractivity contribution is -0.136. The molecule has 17 heavy (non-hydrogen) atoms. The number of nitrogens with zero attached hydrogens (tertiary/aromatic N) is 1. The summed E-state index contributed by atoms with van der Waals surface area (Å²) in [7, 11) is 0. The van der Waals surface area contributed by atoms with Crippen molar-refractivity contribution in [1.29, 1.82) is 0 Å². The van der Waals surface area contributed by atoms with Crippen molar-refractivity contribution in [2.45, 2.75) is 32.7 Å². The summed E-state index contributed by atoms with van der Waals surface area (Å²) >= 11 is 0. The molecule has 1 N–H and O–H groups in total. The molecule has 2 aromatic rings. The fourth-order valence-electron chi connectivity index (χ4n) is 2.17. The van der Waals surface area contributed by atoms with Crippen LogP contribution in [0.15, 0.2) is 30.5 Å². The molecule has 0 unspecified atom stereocenters. The first-order valence-corrected chi connectivity index (χ1v) is 5.90. The zero-order valence-corrected chi connectivity index (χ0v) is 10.2. The molecule has 0 aliphatic heterocycles. The van der Waals surface area contributed by atoms with Gasteiger partial charge in [0.15, 0.2) is 0 Å². The van der Waals surface area contributed by atoms with Crippen LogP contribution >= 0.6 is 0 Å². The minimum atomic E-state index is -0.746. The van der Waals surface area contributed by atoms with Crippen LogP contribution in [0.2, 0.25) is 0 Å². The molecule has 0 saturated carbocycles. The second-order valence-corrected chi connectivity index (χ2v) is 4.57. The van der Waals surface area contributed by atoms with E-state index in [0.717, 1.165) is 5.56 Å². The molecule has 0 bridgehead atoms. The molecule has 0 fully saturated rings. The highest BCUT2D eigenvalue weighted by Crippen LogP contribution is 2.24. The number of aliphatic carboxylic acids is 1. The highest BCUT2D eigenvalue weighted by Gasteiger charge is 2.09. The van der Waals surface area contributed by atoms with Gasteiger partial charge >= 0.3 is 5.97 Å². The second-order valence-electron chi connectivity index (χ2n) is 4.57. The average Bonchev–Trinajstić information content (AvgIpc) is 2.70. The van der Waals surface area contributed by atoms with Crippen molar-refractivity contribution >= 4 is 16.9 Å². The number of carboxylic acids is 1. The van der Waals surface area contributed by atoms with Crippen molar-refractivity contribution in [2.75, 3.05) is 0 Å². The third kappa shape index (κ3) is 2.33. The average molecular weight is 231 g/mol. The number of hydrogen-bond donors (Lipinski definition) is 1. The van der Waals surface area contributed by atoms with E-state index in [1.54, 1.807) is 0 Å². The summed E-state index contributed by atoms with van der Waals surface area (Å²) in [6.45, 7) is 4.26. The summed E-state index contributed by atoms with van der Waals surface area (Å²) in [4.78, 5) is 10.7. The van der Waals surface area contributed by atoms with Crippen LogP contribution in [0, 0.1) is 0 Å². The number of carbonyl (C=O) groups is 1. The fraction of sp³-hybridized carbons (Fsp3) is 0.357. The summed E-state index contributed by atoms with van der Waals surface area (Å²) in [6, 6.07) is 8.55. The van der Waals surface area contributed by atoms with Gasteiger partial charge in [-0.2, -0.15) is 0 Å². The first-order chi connectivity index (χ1) is 8.09. The molecule has 0 aliphatic rings. The van der Waals surface area contributed by atoms with Gasteiger partial charge in [0, 0.05) is 18.7 Å². The lowest BCUT2D eigenvalue weighted by atomic mass is 10.1. The number of fused-ring (bicyclic) bond motifs is 1. The predicted molar refractivity (Wildman–Crippen MR) is 68.3 cm³/mol. The van der Waals surface area contributed by atoms with Gasteiger partial charge in [0.25, 0.3) is 0 Å². The van der Waals surface area contributed by atoms with Crippen LogP contribution in [0.4, 0.5) is 0 Å². The molecule has 3 nitrogen and oxygen atoms in total. The van der Waals surface area contributed by atoms with Crippen molar-refractivity contribution in [3.05, 3.63) is 36.0 Å². The first kappa shape index (κ1) is 11.7. The number of aromatic nitrogens is 1. The number of para-hydroxylation sites is 1. The number of aryl methyl sites for hydroxylation is 1. The maximum atomic E-state index is 10.7. The minimum Gasteiger partial charge on any atom is -0.481 e. The first-order valence-electron chi connectivity index (χ1n) is 5.90. The van der Waals surface area contributed by atoms with Gasteiger partial charge in [0.2, 0.25) is 0 Å².